The summed E-state index contributed by atoms with van der Waals surface area (Å²) >= 11 is 0. The minimum absolute atomic E-state index is 0.748. The van der Waals surface area contributed by atoms with Crippen molar-refractivity contribution >= 4 is 0 Å². The van der Waals surface area contributed by atoms with Gasteiger partial charge in [0.1, 0.15) is 0 Å². The fourth-order valence-electron chi connectivity index (χ4n) is 1.46. The lowest BCUT2D eigenvalue weighted by atomic mass is 10.0. The van der Waals surface area contributed by atoms with E-state index in [0.29, 0.717) is 0 Å². The maximum atomic E-state index is 4.00. The number of rotatable bonds is 1. The molecule has 0 bridgehead atoms. The Hall–Kier alpha value is -0.520. The SMILES string of the molecule is C=C1CC(=C)C(CC)C1. The van der Waals surface area contributed by atoms with Gasteiger partial charge in [-0.25, -0.2) is 0 Å². The fourth-order valence-corrected chi connectivity index (χ4v) is 1.46. The van der Waals surface area contributed by atoms with Crippen LogP contribution in [0.4, 0.5) is 0 Å². The van der Waals surface area contributed by atoms with E-state index in [2.05, 4.69) is 20.1 Å². The highest BCUT2D eigenvalue weighted by atomic mass is 14.2. The normalized spacial score (nSPS) is 27.4. The van der Waals surface area contributed by atoms with Crippen LogP contribution < -0.4 is 0 Å². The molecule has 1 atom stereocenters. The number of allylic oxidation sites excluding steroid dienone is 2. The summed E-state index contributed by atoms with van der Waals surface area (Å²) < 4.78 is 0. The van der Waals surface area contributed by atoms with Crippen molar-refractivity contribution in [2.24, 2.45) is 5.92 Å². The van der Waals surface area contributed by atoms with Crippen LogP contribution in [0.2, 0.25) is 0 Å². The van der Waals surface area contributed by atoms with E-state index >= 15 is 0 Å². The lowest BCUT2D eigenvalue weighted by Crippen LogP contribution is -1.90. The summed E-state index contributed by atoms with van der Waals surface area (Å²) in [4.78, 5) is 0. The molecule has 0 aromatic heterocycles. The summed E-state index contributed by atoms with van der Waals surface area (Å²) in [5, 5.41) is 0. The van der Waals surface area contributed by atoms with E-state index in [1.807, 2.05) is 0 Å². The number of hydrogen-bond donors (Lipinski definition) is 0. The van der Waals surface area contributed by atoms with Crippen LogP contribution >= 0.6 is 0 Å². The van der Waals surface area contributed by atoms with Crippen molar-refractivity contribution in [3.63, 3.8) is 0 Å². The molecule has 0 N–H and O–H groups in total. The highest BCUT2D eigenvalue weighted by molar-refractivity contribution is 5.21. The van der Waals surface area contributed by atoms with Crippen molar-refractivity contribution in [1.82, 2.24) is 0 Å². The van der Waals surface area contributed by atoms with Gasteiger partial charge in [0.15, 0.2) is 0 Å². The van der Waals surface area contributed by atoms with Gasteiger partial charge in [-0.1, -0.05) is 31.2 Å². The van der Waals surface area contributed by atoms with Crippen LogP contribution in [0.25, 0.3) is 0 Å². The molecule has 0 spiro atoms. The zero-order valence-electron chi connectivity index (χ0n) is 6.11. The number of hydrogen-bond acceptors (Lipinski definition) is 0. The molecule has 0 heteroatoms. The van der Waals surface area contributed by atoms with Gasteiger partial charge in [-0.15, -0.1) is 0 Å². The highest BCUT2D eigenvalue weighted by Gasteiger charge is 2.19. The second-order valence-electron chi connectivity index (χ2n) is 2.89. The predicted molar refractivity (Wildman–Crippen MR) is 41.3 cm³/mol. The van der Waals surface area contributed by atoms with Gasteiger partial charge >= 0.3 is 0 Å². The third-order valence-corrected chi connectivity index (χ3v) is 2.08. The van der Waals surface area contributed by atoms with Gasteiger partial charge in [0.25, 0.3) is 0 Å². The highest BCUT2D eigenvalue weighted by Crippen LogP contribution is 2.34. The molecule has 1 fully saturated rings. The molecule has 1 saturated carbocycles. The van der Waals surface area contributed by atoms with E-state index in [1.165, 1.54) is 24.0 Å². The molecule has 1 unspecified atom stereocenters. The van der Waals surface area contributed by atoms with Gasteiger partial charge < -0.3 is 0 Å². The first-order chi connectivity index (χ1) is 4.24. The summed E-state index contributed by atoms with van der Waals surface area (Å²) in [6, 6.07) is 0. The van der Waals surface area contributed by atoms with Crippen LogP contribution in [0.5, 0.6) is 0 Å². The Balaban J connectivity index is 2.58. The van der Waals surface area contributed by atoms with Gasteiger partial charge in [0, 0.05) is 0 Å². The van der Waals surface area contributed by atoms with Crippen molar-refractivity contribution in [3.8, 4) is 0 Å². The van der Waals surface area contributed by atoms with E-state index in [1.54, 1.807) is 0 Å². The van der Waals surface area contributed by atoms with Crippen molar-refractivity contribution in [2.75, 3.05) is 0 Å². The van der Waals surface area contributed by atoms with E-state index in [4.69, 9.17) is 0 Å². The molecule has 0 aromatic rings. The Morgan fingerprint density at radius 3 is 2.44 bits per heavy atom. The summed E-state index contributed by atoms with van der Waals surface area (Å²) in [6.45, 7) is 10.2. The minimum atomic E-state index is 0.748. The quantitative estimate of drug-likeness (QED) is 0.469. The lowest BCUT2D eigenvalue weighted by Gasteiger charge is -2.03. The zero-order valence-corrected chi connectivity index (χ0v) is 6.11. The first-order valence-corrected chi connectivity index (χ1v) is 3.58. The van der Waals surface area contributed by atoms with Crippen LogP contribution in [-0.2, 0) is 0 Å². The maximum absolute atomic E-state index is 4.00. The summed E-state index contributed by atoms with van der Waals surface area (Å²) in [5.41, 5.74) is 2.76. The van der Waals surface area contributed by atoms with E-state index < -0.39 is 0 Å². The molecule has 9 heavy (non-hydrogen) atoms. The standard InChI is InChI=1S/C9H14/c1-4-9-6-7(2)5-8(9)3/h9H,2-6H2,1H3. The average Bonchev–Trinajstić information content (AvgIpc) is 2.10. The van der Waals surface area contributed by atoms with Crippen LogP contribution in [0.15, 0.2) is 24.3 Å². The van der Waals surface area contributed by atoms with Crippen LogP contribution in [0.3, 0.4) is 0 Å². The van der Waals surface area contributed by atoms with Crippen molar-refractivity contribution in [1.29, 1.82) is 0 Å². The van der Waals surface area contributed by atoms with Crippen LogP contribution in [-0.4, -0.2) is 0 Å². The van der Waals surface area contributed by atoms with Gasteiger partial charge in [0.05, 0.1) is 0 Å². The Morgan fingerprint density at radius 2 is 2.22 bits per heavy atom. The molecule has 1 aliphatic carbocycles. The first kappa shape index (κ1) is 6.60. The molecular weight excluding hydrogens is 108 g/mol. The van der Waals surface area contributed by atoms with Crippen molar-refractivity contribution < 1.29 is 0 Å². The summed E-state index contributed by atoms with van der Waals surface area (Å²) in [7, 11) is 0. The van der Waals surface area contributed by atoms with E-state index in [0.717, 1.165) is 12.3 Å². The zero-order chi connectivity index (χ0) is 6.85. The second-order valence-corrected chi connectivity index (χ2v) is 2.89. The smallest absolute Gasteiger partial charge is 0.0111 e. The van der Waals surface area contributed by atoms with Gasteiger partial charge in [0.2, 0.25) is 0 Å². The molecule has 1 rings (SSSR count). The molecule has 1 aliphatic rings. The minimum Gasteiger partial charge on any atom is -0.0995 e. The molecule has 0 heterocycles. The Kier molecular flexibility index (Phi) is 1.75. The second kappa shape index (κ2) is 2.38. The maximum Gasteiger partial charge on any atom is -0.0111 e. The van der Waals surface area contributed by atoms with E-state index in [9.17, 15) is 0 Å². The van der Waals surface area contributed by atoms with Gasteiger partial charge in [-0.05, 0) is 25.2 Å². The van der Waals surface area contributed by atoms with Crippen LogP contribution in [0.1, 0.15) is 26.2 Å². The molecule has 0 nitrogen and oxygen atoms in total. The predicted octanol–water partition coefficient (Wildman–Crippen LogP) is 2.92. The lowest BCUT2D eigenvalue weighted by molar-refractivity contribution is 0.634. The summed E-state index contributed by atoms with van der Waals surface area (Å²) in [6.07, 6.45) is 3.51. The third-order valence-electron chi connectivity index (χ3n) is 2.08. The molecule has 0 aromatic carbocycles. The topological polar surface area (TPSA) is 0 Å². The van der Waals surface area contributed by atoms with Gasteiger partial charge in [-0.2, -0.15) is 0 Å². The Bertz CT molecular complexity index is 142. The molecule has 0 aliphatic heterocycles. The molecule has 0 amide bonds. The van der Waals surface area contributed by atoms with Crippen LogP contribution in [0, 0.1) is 5.92 Å². The van der Waals surface area contributed by atoms with Gasteiger partial charge in [-0.3, -0.25) is 0 Å². The largest absolute Gasteiger partial charge is 0.0995 e. The summed E-state index contributed by atoms with van der Waals surface area (Å²) in [5.74, 6) is 0.748. The Morgan fingerprint density at radius 1 is 1.56 bits per heavy atom. The van der Waals surface area contributed by atoms with Crippen molar-refractivity contribution in [2.45, 2.75) is 26.2 Å². The molecular formula is C9H14. The van der Waals surface area contributed by atoms with Crippen molar-refractivity contribution in [3.05, 3.63) is 24.3 Å². The average molecular weight is 122 g/mol. The Labute approximate surface area is 57.3 Å². The fraction of sp³-hybridized carbons (Fsp3) is 0.556. The molecule has 50 valence electrons. The third kappa shape index (κ3) is 1.24. The monoisotopic (exact) mass is 122 g/mol. The first-order valence-electron chi connectivity index (χ1n) is 3.58. The molecule has 0 radical (unpaired) electrons. The van der Waals surface area contributed by atoms with E-state index in [-0.39, 0.29) is 0 Å². The molecule has 0 saturated heterocycles.